The zero-order chi connectivity index (χ0) is 14.2. The molecule has 1 atom stereocenters. The maximum absolute atomic E-state index is 5.90. The summed E-state index contributed by atoms with van der Waals surface area (Å²) in [6.07, 6.45) is 4.58. The molecule has 0 radical (unpaired) electrons. The monoisotopic (exact) mass is 277 g/mol. The number of fused-ring (bicyclic) bond motifs is 1. The topological polar surface area (TPSA) is 30.5 Å². The van der Waals surface area contributed by atoms with E-state index >= 15 is 0 Å². The number of unbranched alkanes of at least 4 members (excludes halogenated alkanes) is 1. The average molecular weight is 277 g/mol. The molecule has 1 heterocycles. The van der Waals surface area contributed by atoms with Crippen molar-refractivity contribution in [3.8, 4) is 5.75 Å². The van der Waals surface area contributed by atoms with Crippen LogP contribution in [0.15, 0.2) is 18.2 Å². The molecule has 0 aromatic heterocycles. The second kappa shape index (κ2) is 8.28. The molecule has 0 aliphatic carbocycles. The third-order valence-corrected chi connectivity index (χ3v) is 3.78. The first-order valence-electron chi connectivity index (χ1n) is 7.86. The Hall–Kier alpha value is -1.06. The Morgan fingerprint density at radius 2 is 2.25 bits per heavy atom. The van der Waals surface area contributed by atoms with Crippen LogP contribution >= 0.6 is 0 Å². The zero-order valence-electron chi connectivity index (χ0n) is 12.8. The van der Waals surface area contributed by atoms with Gasteiger partial charge in [-0.1, -0.05) is 31.5 Å². The third-order valence-electron chi connectivity index (χ3n) is 3.78. The van der Waals surface area contributed by atoms with Crippen LogP contribution in [0.1, 0.15) is 49.8 Å². The molecule has 1 unspecified atom stereocenters. The fourth-order valence-corrected chi connectivity index (χ4v) is 2.63. The predicted molar refractivity (Wildman–Crippen MR) is 82.4 cm³/mol. The normalized spacial score (nSPS) is 18.2. The van der Waals surface area contributed by atoms with Crippen molar-refractivity contribution in [2.45, 2.75) is 45.6 Å². The van der Waals surface area contributed by atoms with E-state index in [9.17, 15) is 0 Å². The first-order valence-corrected chi connectivity index (χ1v) is 7.86. The van der Waals surface area contributed by atoms with Gasteiger partial charge in [0.1, 0.15) is 5.75 Å². The Morgan fingerprint density at radius 1 is 1.35 bits per heavy atom. The van der Waals surface area contributed by atoms with Crippen LogP contribution in [0.2, 0.25) is 0 Å². The van der Waals surface area contributed by atoms with Gasteiger partial charge in [0.2, 0.25) is 0 Å². The molecule has 1 aromatic carbocycles. The van der Waals surface area contributed by atoms with Crippen molar-refractivity contribution in [1.82, 2.24) is 5.32 Å². The number of rotatable bonds is 7. The van der Waals surface area contributed by atoms with E-state index in [2.05, 4.69) is 37.4 Å². The predicted octanol–water partition coefficient (Wildman–Crippen LogP) is 3.62. The van der Waals surface area contributed by atoms with Gasteiger partial charge in [0.25, 0.3) is 0 Å². The molecule has 0 saturated heterocycles. The molecular formula is C17H27NO2. The van der Waals surface area contributed by atoms with E-state index in [0.717, 1.165) is 51.4 Å². The summed E-state index contributed by atoms with van der Waals surface area (Å²) >= 11 is 0. The van der Waals surface area contributed by atoms with Gasteiger partial charge in [-0.3, -0.25) is 0 Å². The van der Waals surface area contributed by atoms with Gasteiger partial charge in [-0.15, -0.1) is 0 Å². The van der Waals surface area contributed by atoms with E-state index in [-0.39, 0.29) is 0 Å². The molecule has 112 valence electrons. The minimum absolute atomic E-state index is 0.391. The number of para-hydroxylation sites is 1. The maximum Gasteiger partial charge on any atom is 0.126 e. The Labute approximate surface area is 122 Å². The van der Waals surface area contributed by atoms with Crippen LogP contribution in [0.3, 0.4) is 0 Å². The molecule has 0 fully saturated rings. The molecule has 3 nitrogen and oxygen atoms in total. The second-order valence-corrected chi connectivity index (χ2v) is 5.46. The van der Waals surface area contributed by atoms with Crippen LogP contribution in [0.25, 0.3) is 0 Å². The Morgan fingerprint density at radius 3 is 3.10 bits per heavy atom. The molecule has 1 aromatic rings. The van der Waals surface area contributed by atoms with E-state index in [1.54, 1.807) is 0 Å². The smallest absolute Gasteiger partial charge is 0.126 e. The summed E-state index contributed by atoms with van der Waals surface area (Å²) in [7, 11) is 0. The zero-order valence-corrected chi connectivity index (χ0v) is 12.8. The van der Waals surface area contributed by atoms with Crippen LogP contribution in [0.5, 0.6) is 5.75 Å². The van der Waals surface area contributed by atoms with Gasteiger partial charge in [0.15, 0.2) is 0 Å². The number of nitrogens with one attached hydrogen (secondary N) is 1. The van der Waals surface area contributed by atoms with Crippen molar-refractivity contribution < 1.29 is 9.47 Å². The van der Waals surface area contributed by atoms with Crippen molar-refractivity contribution in [2.24, 2.45) is 0 Å². The highest BCUT2D eigenvalue weighted by atomic mass is 16.5. The summed E-state index contributed by atoms with van der Waals surface area (Å²) in [6.45, 7) is 7.70. The number of hydrogen-bond donors (Lipinski definition) is 1. The first-order chi connectivity index (χ1) is 9.83. The number of hydrogen-bond acceptors (Lipinski definition) is 3. The molecule has 1 aliphatic rings. The van der Waals surface area contributed by atoms with Crippen molar-refractivity contribution in [3.05, 3.63) is 29.3 Å². The SMILES string of the molecule is CCCCOCCNC1CCCOc2c(C)cccc21. The van der Waals surface area contributed by atoms with Gasteiger partial charge in [-0.2, -0.15) is 0 Å². The molecular weight excluding hydrogens is 250 g/mol. The Kier molecular flexibility index (Phi) is 6.34. The van der Waals surface area contributed by atoms with E-state index in [1.165, 1.54) is 17.5 Å². The highest BCUT2D eigenvalue weighted by Gasteiger charge is 2.20. The van der Waals surface area contributed by atoms with Gasteiger partial charge in [0.05, 0.1) is 13.2 Å². The van der Waals surface area contributed by atoms with Crippen molar-refractivity contribution >= 4 is 0 Å². The number of benzene rings is 1. The van der Waals surface area contributed by atoms with E-state index in [4.69, 9.17) is 9.47 Å². The van der Waals surface area contributed by atoms with E-state index < -0.39 is 0 Å². The van der Waals surface area contributed by atoms with Crippen molar-refractivity contribution in [2.75, 3.05) is 26.4 Å². The second-order valence-electron chi connectivity index (χ2n) is 5.46. The lowest BCUT2D eigenvalue weighted by Gasteiger charge is -2.19. The van der Waals surface area contributed by atoms with Crippen LogP contribution in [-0.2, 0) is 4.74 Å². The van der Waals surface area contributed by atoms with Gasteiger partial charge < -0.3 is 14.8 Å². The average Bonchev–Trinajstić information content (AvgIpc) is 2.66. The highest BCUT2D eigenvalue weighted by Crippen LogP contribution is 2.33. The summed E-state index contributed by atoms with van der Waals surface area (Å²) < 4.78 is 11.5. The minimum Gasteiger partial charge on any atom is -0.493 e. The van der Waals surface area contributed by atoms with Crippen LogP contribution in [0, 0.1) is 6.92 Å². The number of aryl methyl sites for hydroxylation is 1. The lowest BCUT2D eigenvalue weighted by atomic mass is 10.00. The molecule has 0 saturated carbocycles. The molecule has 3 heteroatoms. The molecule has 0 bridgehead atoms. The standard InChI is InChI=1S/C17H27NO2/c1-3-4-11-19-13-10-18-16-9-6-12-20-17-14(2)7-5-8-15(16)17/h5,7-8,16,18H,3-4,6,9-13H2,1-2H3. The van der Waals surface area contributed by atoms with Crippen LogP contribution in [0.4, 0.5) is 0 Å². The first kappa shape index (κ1) is 15.3. The maximum atomic E-state index is 5.90. The summed E-state index contributed by atoms with van der Waals surface area (Å²) in [6, 6.07) is 6.82. The Balaban J connectivity index is 1.87. The summed E-state index contributed by atoms with van der Waals surface area (Å²) in [5, 5.41) is 3.62. The number of ether oxygens (including phenoxy) is 2. The van der Waals surface area contributed by atoms with Crippen LogP contribution < -0.4 is 10.1 Å². The summed E-state index contributed by atoms with van der Waals surface area (Å²) in [5.41, 5.74) is 2.53. The van der Waals surface area contributed by atoms with Crippen LogP contribution in [-0.4, -0.2) is 26.4 Å². The van der Waals surface area contributed by atoms with Crippen molar-refractivity contribution in [1.29, 1.82) is 0 Å². The minimum atomic E-state index is 0.391. The lowest BCUT2D eigenvalue weighted by molar-refractivity contribution is 0.130. The lowest BCUT2D eigenvalue weighted by Crippen LogP contribution is -2.25. The van der Waals surface area contributed by atoms with Gasteiger partial charge in [-0.25, -0.2) is 0 Å². The van der Waals surface area contributed by atoms with Gasteiger partial charge >= 0.3 is 0 Å². The molecule has 1 N–H and O–H groups in total. The fourth-order valence-electron chi connectivity index (χ4n) is 2.63. The fraction of sp³-hybridized carbons (Fsp3) is 0.647. The molecule has 1 aliphatic heterocycles. The summed E-state index contributed by atoms with van der Waals surface area (Å²) in [5.74, 6) is 1.08. The van der Waals surface area contributed by atoms with Crippen molar-refractivity contribution in [3.63, 3.8) is 0 Å². The summed E-state index contributed by atoms with van der Waals surface area (Å²) in [4.78, 5) is 0. The molecule has 0 spiro atoms. The molecule has 2 rings (SSSR count). The van der Waals surface area contributed by atoms with E-state index in [1.807, 2.05) is 0 Å². The third kappa shape index (κ3) is 4.22. The molecule has 0 amide bonds. The largest absolute Gasteiger partial charge is 0.493 e. The van der Waals surface area contributed by atoms with E-state index in [0.29, 0.717) is 6.04 Å². The molecule has 20 heavy (non-hydrogen) atoms. The van der Waals surface area contributed by atoms with Gasteiger partial charge in [-0.05, 0) is 31.7 Å². The Bertz CT molecular complexity index is 406. The highest BCUT2D eigenvalue weighted by molar-refractivity contribution is 5.43. The quantitative estimate of drug-likeness (QED) is 0.772. The van der Waals surface area contributed by atoms with Gasteiger partial charge in [0, 0.05) is 24.8 Å².